The summed E-state index contributed by atoms with van der Waals surface area (Å²) >= 11 is 0. The van der Waals surface area contributed by atoms with Crippen LogP contribution < -0.4 is 5.32 Å². The van der Waals surface area contributed by atoms with Gasteiger partial charge in [-0.25, -0.2) is 0 Å². The Bertz CT molecular complexity index is 220. The van der Waals surface area contributed by atoms with Crippen LogP contribution in [0, 0.1) is 0 Å². The zero-order valence-corrected chi connectivity index (χ0v) is 9.83. The van der Waals surface area contributed by atoms with Crippen molar-refractivity contribution in [2.45, 2.75) is 45.2 Å². The van der Waals surface area contributed by atoms with Gasteiger partial charge in [0.05, 0.1) is 6.04 Å². The predicted molar refractivity (Wildman–Crippen MR) is 62.7 cm³/mol. The number of rotatable bonds is 4. The topological polar surface area (TPSA) is 32.3 Å². The van der Waals surface area contributed by atoms with Crippen LogP contribution in [0.5, 0.6) is 0 Å². The quantitative estimate of drug-likeness (QED) is 0.714. The second-order valence-corrected chi connectivity index (χ2v) is 4.38. The molecule has 1 amide bonds. The second kappa shape index (κ2) is 5.91. The maximum atomic E-state index is 12.1. The summed E-state index contributed by atoms with van der Waals surface area (Å²) in [7, 11) is 0. The van der Waals surface area contributed by atoms with Gasteiger partial charge in [0.15, 0.2) is 0 Å². The molecule has 1 heterocycles. The molecule has 3 nitrogen and oxygen atoms in total. The number of carbonyl (C=O) groups excluding carboxylic acids is 1. The first kappa shape index (κ1) is 12.2. The molecule has 3 heteroatoms. The fraction of sp³-hybridized carbons (Fsp3) is 0.750. The van der Waals surface area contributed by atoms with Gasteiger partial charge in [-0.05, 0) is 33.2 Å². The molecule has 0 aliphatic carbocycles. The van der Waals surface area contributed by atoms with E-state index < -0.39 is 0 Å². The fourth-order valence-corrected chi connectivity index (χ4v) is 1.96. The minimum absolute atomic E-state index is 0.0288. The van der Waals surface area contributed by atoms with Crippen LogP contribution in [0.1, 0.15) is 33.1 Å². The van der Waals surface area contributed by atoms with Gasteiger partial charge >= 0.3 is 0 Å². The van der Waals surface area contributed by atoms with Gasteiger partial charge in [0.2, 0.25) is 5.91 Å². The SMILES string of the molecule is C=CCN(C(=O)C1CCCCN1)C(C)C. The molecule has 0 radical (unpaired) electrons. The third kappa shape index (κ3) is 3.34. The number of nitrogens with zero attached hydrogens (tertiary/aromatic N) is 1. The summed E-state index contributed by atoms with van der Waals surface area (Å²) in [6.45, 7) is 9.40. The molecule has 0 saturated carbocycles. The number of hydrogen-bond acceptors (Lipinski definition) is 2. The maximum Gasteiger partial charge on any atom is 0.240 e. The highest BCUT2D eigenvalue weighted by molar-refractivity contribution is 5.82. The smallest absolute Gasteiger partial charge is 0.240 e. The largest absolute Gasteiger partial charge is 0.335 e. The molecular formula is C12H22N2O. The molecule has 1 fully saturated rings. The number of carbonyl (C=O) groups is 1. The molecule has 0 bridgehead atoms. The lowest BCUT2D eigenvalue weighted by molar-refractivity contribution is -0.135. The molecular weight excluding hydrogens is 188 g/mol. The third-order valence-electron chi connectivity index (χ3n) is 2.84. The van der Waals surface area contributed by atoms with E-state index in [1.807, 2.05) is 18.7 Å². The highest BCUT2D eigenvalue weighted by atomic mass is 16.2. The first-order chi connectivity index (χ1) is 7.16. The second-order valence-electron chi connectivity index (χ2n) is 4.38. The summed E-state index contributed by atoms with van der Waals surface area (Å²) in [5.74, 6) is 0.226. The van der Waals surface area contributed by atoms with E-state index in [9.17, 15) is 4.79 Å². The lowest BCUT2D eigenvalue weighted by atomic mass is 10.0. The van der Waals surface area contributed by atoms with E-state index in [4.69, 9.17) is 0 Å². The maximum absolute atomic E-state index is 12.1. The van der Waals surface area contributed by atoms with Crippen molar-refractivity contribution in [3.05, 3.63) is 12.7 Å². The average molecular weight is 210 g/mol. The molecule has 0 spiro atoms. The van der Waals surface area contributed by atoms with Crippen molar-refractivity contribution in [3.8, 4) is 0 Å². The van der Waals surface area contributed by atoms with Gasteiger partial charge in [-0.2, -0.15) is 0 Å². The highest BCUT2D eigenvalue weighted by Crippen LogP contribution is 2.11. The van der Waals surface area contributed by atoms with Crippen LogP contribution in [-0.2, 0) is 4.79 Å². The molecule has 0 aromatic rings. The van der Waals surface area contributed by atoms with Crippen molar-refractivity contribution in [2.75, 3.05) is 13.1 Å². The van der Waals surface area contributed by atoms with Crippen molar-refractivity contribution in [1.82, 2.24) is 10.2 Å². The average Bonchev–Trinajstić information content (AvgIpc) is 2.26. The van der Waals surface area contributed by atoms with E-state index in [0.29, 0.717) is 6.54 Å². The Morgan fingerprint density at radius 2 is 2.33 bits per heavy atom. The minimum Gasteiger partial charge on any atom is -0.335 e. The van der Waals surface area contributed by atoms with Crippen LogP contribution in [0.2, 0.25) is 0 Å². The number of hydrogen-bond donors (Lipinski definition) is 1. The monoisotopic (exact) mass is 210 g/mol. The normalized spacial score (nSPS) is 21.4. The van der Waals surface area contributed by atoms with Crippen LogP contribution in [0.25, 0.3) is 0 Å². The standard InChI is InChI=1S/C12H22N2O/c1-4-9-14(10(2)3)12(15)11-7-5-6-8-13-11/h4,10-11,13H,1,5-9H2,2-3H3. The fourth-order valence-electron chi connectivity index (χ4n) is 1.96. The Labute approximate surface area is 92.5 Å². The molecule has 1 rings (SSSR count). The van der Waals surface area contributed by atoms with Crippen molar-refractivity contribution >= 4 is 5.91 Å². The zero-order chi connectivity index (χ0) is 11.3. The molecule has 1 atom stereocenters. The molecule has 1 N–H and O–H groups in total. The molecule has 0 aromatic heterocycles. The first-order valence-corrected chi connectivity index (χ1v) is 5.81. The van der Waals surface area contributed by atoms with Gasteiger partial charge < -0.3 is 10.2 Å². The number of piperidine rings is 1. The van der Waals surface area contributed by atoms with Gasteiger partial charge in [-0.1, -0.05) is 12.5 Å². The lowest BCUT2D eigenvalue weighted by Gasteiger charge is -2.32. The predicted octanol–water partition coefficient (Wildman–Crippen LogP) is 1.55. The van der Waals surface area contributed by atoms with Crippen molar-refractivity contribution in [1.29, 1.82) is 0 Å². The van der Waals surface area contributed by atoms with Gasteiger partial charge in [0, 0.05) is 12.6 Å². The van der Waals surface area contributed by atoms with E-state index in [2.05, 4.69) is 11.9 Å². The van der Waals surface area contributed by atoms with E-state index in [1.54, 1.807) is 6.08 Å². The summed E-state index contributed by atoms with van der Waals surface area (Å²) in [5.41, 5.74) is 0. The lowest BCUT2D eigenvalue weighted by Crippen LogP contribution is -2.50. The Morgan fingerprint density at radius 1 is 1.60 bits per heavy atom. The highest BCUT2D eigenvalue weighted by Gasteiger charge is 2.26. The Kier molecular flexibility index (Phi) is 4.82. The number of amides is 1. The Hall–Kier alpha value is -0.830. The third-order valence-corrected chi connectivity index (χ3v) is 2.84. The summed E-state index contributed by atoms with van der Waals surface area (Å²) in [4.78, 5) is 14.0. The number of nitrogens with one attached hydrogen (secondary N) is 1. The van der Waals surface area contributed by atoms with Crippen LogP contribution in [0.4, 0.5) is 0 Å². The van der Waals surface area contributed by atoms with Gasteiger partial charge in [0.1, 0.15) is 0 Å². The molecule has 15 heavy (non-hydrogen) atoms. The van der Waals surface area contributed by atoms with Crippen LogP contribution in [0.15, 0.2) is 12.7 Å². The van der Waals surface area contributed by atoms with Crippen LogP contribution in [-0.4, -0.2) is 36.0 Å². The summed E-state index contributed by atoms with van der Waals surface area (Å²) < 4.78 is 0. The van der Waals surface area contributed by atoms with Gasteiger partial charge in [0.25, 0.3) is 0 Å². The molecule has 1 aliphatic rings. The van der Waals surface area contributed by atoms with Gasteiger partial charge in [-0.3, -0.25) is 4.79 Å². The van der Waals surface area contributed by atoms with Crippen LogP contribution >= 0.6 is 0 Å². The van der Waals surface area contributed by atoms with Crippen molar-refractivity contribution < 1.29 is 4.79 Å². The zero-order valence-electron chi connectivity index (χ0n) is 9.83. The van der Waals surface area contributed by atoms with E-state index in [-0.39, 0.29) is 18.0 Å². The van der Waals surface area contributed by atoms with Gasteiger partial charge in [-0.15, -0.1) is 6.58 Å². The van der Waals surface area contributed by atoms with Crippen molar-refractivity contribution in [2.24, 2.45) is 0 Å². The molecule has 0 aromatic carbocycles. The molecule has 1 saturated heterocycles. The molecule has 86 valence electrons. The minimum atomic E-state index is 0.0288. The van der Waals surface area contributed by atoms with Crippen molar-refractivity contribution in [3.63, 3.8) is 0 Å². The summed E-state index contributed by atoms with van der Waals surface area (Å²) in [6, 6.07) is 0.278. The Balaban J connectivity index is 2.57. The molecule has 1 aliphatic heterocycles. The van der Waals surface area contributed by atoms with E-state index >= 15 is 0 Å². The Morgan fingerprint density at radius 3 is 2.80 bits per heavy atom. The first-order valence-electron chi connectivity index (χ1n) is 5.81. The van der Waals surface area contributed by atoms with Crippen LogP contribution in [0.3, 0.4) is 0 Å². The summed E-state index contributed by atoms with van der Waals surface area (Å²) in [6.07, 6.45) is 5.11. The van der Waals surface area contributed by atoms with E-state index in [0.717, 1.165) is 19.4 Å². The molecule has 1 unspecified atom stereocenters. The van der Waals surface area contributed by atoms with E-state index in [1.165, 1.54) is 6.42 Å². The summed E-state index contributed by atoms with van der Waals surface area (Å²) in [5, 5.41) is 3.29.